The van der Waals surface area contributed by atoms with Gasteiger partial charge in [-0.15, -0.1) is 0 Å². The van der Waals surface area contributed by atoms with Gasteiger partial charge in [0, 0.05) is 63.1 Å². The van der Waals surface area contributed by atoms with Crippen LogP contribution in [0.5, 0.6) is 5.75 Å². The number of imide groups is 1. The lowest BCUT2D eigenvalue weighted by Crippen LogP contribution is -2.54. The first kappa shape index (κ1) is 26.2. The predicted molar refractivity (Wildman–Crippen MR) is 148 cm³/mol. The highest BCUT2D eigenvalue weighted by Crippen LogP contribution is 2.31. The average Bonchev–Trinajstić information content (AvgIpc) is 3.29. The van der Waals surface area contributed by atoms with E-state index in [1.54, 1.807) is 17.2 Å². The molecule has 3 aromatic rings. The molecule has 206 valence electrons. The molecule has 0 radical (unpaired) electrons. The summed E-state index contributed by atoms with van der Waals surface area (Å²) in [7, 11) is 0. The number of pyridine rings is 1. The van der Waals surface area contributed by atoms with E-state index in [9.17, 15) is 14.4 Å². The second-order valence-electron chi connectivity index (χ2n) is 10.7. The Kier molecular flexibility index (Phi) is 7.57. The van der Waals surface area contributed by atoms with E-state index in [-0.39, 0.29) is 30.4 Å². The fourth-order valence-corrected chi connectivity index (χ4v) is 5.87. The zero-order valence-corrected chi connectivity index (χ0v) is 22.3. The van der Waals surface area contributed by atoms with Gasteiger partial charge in [0.05, 0.1) is 0 Å². The maximum Gasteiger partial charge on any atom is 0.255 e. The van der Waals surface area contributed by atoms with Crippen LogP contribution in [0.15, 0.2) is 73.1 Å². The van der Waals surface area contributed by atoms with Gasteiger partial charge in [-0.3, -0.25) is 29.6 Å². The number of rotatable bonds is 8. The van der Waals surface area contributed by atoms with E-state index in [2.05, 4.69) is 50.8 Å². The molecule has 0 spiro atoms. The summed E-state index contributed by atoms with van der Waals surface area (Å²) in [4.78, 5) is 45.3. The second-order valence-corrected chi connectivity index (χ2v) is 10.7. The summed E-state index contributed by atoms with van der Waals surface area (Å²) in [5.41, 5.74) is 3.81. The van der Waals surface area contributed by atoms with Gasteiger partial charge in [0.1, 0.15) is 17.9 Å². The van der Waals surface area contributed by atoms with E-state index >= 15 is 0 Å². The number of hydrogen-bond donors (Lipinski definition) is 2. The molecule has 6 rings (SSSR count). The molecule has 3 aliphatic rings. The molecule has 2 fully saturated rings. The van der Waals surface area contributed by atoms with Crippen LogP contribution in [0.25, 0.3) is 0 Å². The predicted octanol–water partition coefficient (Wildman–Crippen LogP) is 2.65. The largest absolute Gasteiger partial charge is 0.487 e. The summed E-state index contributed by atoms with van der Waals surface area (Å²) >= 11 is 0. The number of benzene rings is 2. The molecule has 0 aliphatic carbocycles. The first-order valence-electron chi connectivity index (χ1n) is 13.9. The lowest BCUT2D eigenvalue weighted by molar-refractivity contribution is -0.136. The van der Waals surface area contributed by atoms with Gasteiger partial charge in [-0.05, 0) is 53.8 Å². The number of likely N-dealkylation sites (tertiary alicyclic amines) is 1. The molecule has 2 N–H and O–H groups in total. The Labute approximate surface area is 233 Å². The first-order valence-corrected chi connectivity index (χ1v) is 13.9. The first-order chi connectivity index (χ1) is 19.5. The monoisotopic (exact) mass is 539 g/mol. The Hall–Kier alpha value is -4.08. The lowest BCUT2D eigenvalue weighted by atomic mass is 10.00. The number of ether oxygens (including phenoxy) is 1. The number of carbonyl (C=O) groups is 3. The van der Waals surface area contributed by atoms with E-state index in [0.717, 1.165) is 37.2 Å². The van der Waals surface area contributed by atoms with Crippen LogP contribution in [0.4, 0.5) is 0 Å². The number of carbonyl (C=O) groups excluding carboxylic acids is 3. The number of piperidine rings is 2. The lowest BCUT2D eigenvalue weighted by Gasteiger charge is -2.39. The Morgan fingerprint density at radius 2 is 1.85 bits per heavy atom. The van der Waals surface area contributed by atoms with Gasteiger partial charge < -0.3 is 15.0 Å². The SMILES string of the molecule is O=C1CCC(N2Cc3cc(OC4CN(Cc5ccccc5)CCC4NCc4cccnc4)ccc3C2=O)C(=O)N1. The van der Waals surface area contributed by atoms with Crippen molar-refractivity contribution >= 4 is 17.7 Å². The quantitative estimate of drug-likeness (QED) is 0.424. The Morgan fingerprint density at radius 1 is 1.00 bits per heavy atom. The summed E-state index contributed by atoms with van der Waals surface area (Å²) in [5, 5.41) is 6.04. The third kappa shape index (κ3) is 5.76. The Balaban J connectivity index is 1.17. The summed E-state index contributed by atoms with van der Waals surface area (Å²) in [6.07, 6.45) is 5.06. The Bertz CT molecular complexity index is 1380. The van der Waals surface area contributed by atoms with E-state index in [4.69, 9.17) is 4.74 Å². The number of fused-ring (bicyclic) bond motifs is 1. The van der Waals surface area contributed by atoms with E-state index in [1.165, 1.54) is 5.56 Å². The van der Waals surface area contributed by atoms with Crippen LogP contribution >= 0.6 is 0 Å². The van der Waals surface area contributed by atoms with E-state index < -0.39 is 11.9 Å². The molecule has 3 unspecified atom stereocenters. The molecule has 2 saturated heterocycles. The second kappa shape index (κ2) is 11.6. The van der Waals surface area contributed by atoms with Crippen LogP contribution in [-0.2, 0) is 29.2 Å². The van der Waals surface area contributed by atoms with Crippen molar-refractivity contribution in [3.63, 3.8) is 0 Å². The molecule has 2 aromatic carbocycles. The number of amides is 3. The van der Waals surface area contributed by atoms with E-state index in [0.29, 0.717) is 30.8 Å². The third-order valence-electron chi connectivity index (χ3n) is 7.97. The van der Waals surface area contributed by atoms with Crippen LogP contribution in [0.2, 0.25) is 0 Å². The van der Waals surface area contributed by atoms with Crippen molar-refractivity contribution < 1.29 is 19.1 Å². The number of nitrogens with zero attached hydrogens (tertiary/aromatic N) is 3. The fourth-order valence-electron chi connectivity index (χ4n) is 5.87. The zero-order valence-electron chi connectivity index (χ0n) is 22.3. The molecule has 40 heavy (non-hydrogen) atoms. The summed E-state index contributed by atoms with van der Waals surface area (Å²) < 4.78 is 6.63. The minimum absolute atomic E-state index is 0.101. The zero-order chi connectivity index (χ0) is 27.5. The minimum atomic E-state index is -0.632. The van der Waals surface area contributed by atoms with Crippen molar-refractivity contribution in [2.45, 2.75) is 57.1 Å². The van der Waals surface area contributed by atoms with Crippen molar-refractivity contribution in [3.8, 4) is 5.75 Å². The molecule has 0 bridgehead atoms. The standard InChI is InChI=1S/C31H33N5O4/c37-29-11-10-27(30(38)34-29)36-19-23-15-24(8-9-25(23)31(36)39)40-28-20-35(18-21-5-2-1-3-6-21)14-12-26(28)33-17-22-7-4-13-32-16-22/h1-9,13,15-16,26-28,33H,10-12,14,17-20H2,(H,34,37,38). The van der Waals surface area contributed by atoms with Crippen molar-refractivity contribution in [3.05, 3.63) is 95.3 Å². The topological polar surface area (TPSA) is 104 Å². The molecular formula is C31H33N5O4. The van der Waals surface area contributed by atoms with Crippen LogP contribution < -0.4 is 15.4 Å². The molecule has 1 aromatic heterocycles. The van der Waals surface area contributed by atoms with Crippen molar-refractivity contribution in [1.82, 2.24) is 25.4 Å². The molecule has 9 nitrogen and oxygen atoms in total. The minimum Gasteiger partial charge on any atom is -0.487 e. The van der Waals surface area contributed by atoms with Crippen LogP contribution in [0.3, 0.4) is 0 Å². The van der Waals surface area contributed by atoms with Crippen molar-refractivity contribution in [2.75, 3.05) is 13.1 Å². The third-order valence-corrected chi connectivity index (χ3v) is 7.97. The van der Waals surface area contributed by atoms with Crippen LogP contribution in [-0.4, -0.2) is 63.8 Å². The molecule has 0 saturated carbocycles. The van der Waals surface area contributed by atoms with Crippen molar-refractivity contribution in [2.24, 2.45) is 0 Å². The highest BCUT2D eigenvalue weighted by atomic mass is 16.5. The van der Waals surface area contributed by atoms with Crippen molar-refractivity contribution in [1.29, 1.82) is 0 Å². The smallest absolute Gasteiger partial charge is 0.255 e. The highest BCUT2D eigenvalue weighted by Gasteiger charge is 2.39. The number of nitrogens with one attached hydrogen (secondary N) is 2. The fraction of sp³-hybridized carbons (Fsp3) is 0.355. The molecule has 4 heterocycles. The van der Waals surface area contributed by atoms with Gasteiger partial charge in [0.15, 0.2) is 0 Å². The molecule has 9 heteroatoms. The van der Waals surface area contributed by atoms with Gasteiger partial charge in [0.2, 0.25) is 11.8 Å². The summed E-state index contributed by atoms with van der Waals surface area (Å²) in [6.45, 7) is 3.61. The van der Waals surface area contributed by atoms with Gasteiger partial charge in [-0.25, -0.2) is 0 Å². The maximum absolute atomic E-state index is 13.1. The van der Waals surface area contributed by atoms with Crippen LogP contribution in [0.1, 0.15) is 46.3 Å². The van der Waals surface area contributed by atoms with Gasteiger partial charge in [-0.1, -0.05) is 36.4 Å². The number of hydrogen-bond acceptors (Lipinski definition) is 7. The average molecular weight is 540 g/mol. The molecule has 3 atom stereocenters. The molecular weight excluding hydrogens is 506 g/mol. The summed E-state index contributed by atoms with van der Waals surface area (Å²) in [6, 6.07) is 19.5. The van der Waals surface area contributed by atoms with Gasteiger partial charge >= 0.3 is 0 Å². The highest BCUT2D eigenvalue weighted by molar-refractivity contribution is 6.05. The normalized spacial score (nSPS) is 23.1. The summed E-state index contributed by atoms with van der Waals surface area (Å²) in [5.74, 6) is -0.172. The number of aromatic nitrogens is 1. The molecule has 3 aliphatic heterocycles. The molecule has 3 amide bonds. The van der Waals surface area contributed by atoms with Crippen LogP contribution in [0, 0.1) is 0 Å². The maximum atomic E-state index is 13.1. The Morgan fingerprint density at radius 3 is 2.65 bits per heavy atom. The van der Waals surface area contributed by atoms with Gasteiger partial charge in [0.25, 0.3) is 5.91 Å². The van der Waals surface area contributed by atoms with Gasteiger partial charge in [-0.2, -0.15) is 0 Å². The van der Waals surface area contributed by atoms with E-state index in [1.807, 2.05) is 30.5 Å².